The molecule has 8 heteroatoms. The molecule has 1 saturated heterocycles. The monoisotopic (exact) mass is 418 g/mol. The van der Waals surface area contributed by atoms with Crippen molar-refractivity contribution in [1.82, 2.24) is 0 Å². The normalized spacial score (nSPS) is 18.6. The van der Waals surface area contributed by atoms with E-state index < -0.39 is 0 Å². The largest absolute Gasteiger partial charge is 0.321 e. The van der Waals surface area contributed by atoms with Gasteiger partial charge >= 0.3 is 0 Å². The Bertz CT molecular complexity index is 868. The van der Waals surface area contributed by atoms with Crippen LogP contribution in [0.5, 0.6) is 0 Å². The first-order valence-electron chi connectivity index (χ1n) is 10.2. The van der Waals surface area contributed by atoms with E-state index in [-0.39, 0.29) is 23.4 Å². The maximum Gasteiger partial charge on any atom is 0.282 e. The molecule has 0 atom stereocenters. The molecule has 160 valence electrons. The lowest BCUT2D eigenvalue weighted by molar-refractivity contribution is -1.00. The Hall–Kier alpha value is -2.84. The van der Waals surface area contributed by atoms with Crippen LogP contribution in [-0.4, -0.2) is 57.6 Å². The average molecular weight is 418 g/mol. The fraction of sp³-hybridized carbons (Fsp3) is 0.364. The van der Waals surface area contributed by atoms with Crippen molar-refractivity contribution in [1.29, 1.82) is 0 Å². The predicted molar refractivity (Wildman–Crippen MR) is 111 cm³/mol. The molecule has 6 nitrogen and oxygen atoms in total. The summed E-state index contributed by atoms with van der Waals surface area (Å²) in [5.74, 6) is -0.854. The van der Waals surface area contributed by atoms with Crippen LogP contribution < -0.4 is 20.0 Å². The Labute approximate surface area is 175 Å². The van der Waals surface area contributed by atoms with Gasteiger partial charge in [0.05, 0.1) is 0 Å². The van der Waals surface area contributed by atoms with Crippen LogP contribution in [0.4, 0.5) is 20.2 Å². The van der Waals surface area contributed by atoms with Crippen molar-refractivity contribution in [2.24, 2.45) is 0 Å². The van der Waals surface area contributed by atoms with E-state index in [2.05, 4.69) is 5.32 Å². The van der Waals surface area contributed by atoms with E-state index in [4.69, 9.17) is 0 Å². The maximum absolute atomic E-state index is 13.2. The zero-order valence-corrected chi connectivity index (χ0v) is 17.1. The van der Waals surface area contributed by atoms with Gasteiger partial charge in [-0.2, -0.15) is 0 Å². The van der Waals surface area contributed by atoms with Gasteiger partial charge < -0.3 is 20.0 Å². The number of carbonyl (C=O) groups is 2. The molecule has 1 heterocycles. The Morgan fingerprint density at radius 1 is 0.933 bits per heavy atom. The fourth-order valence-corrected chi connectivity index (χ4v) is 3.74. The van der Waals surface area contributed by atoms with Crippen LogP contribution in [0.2, 0.25) is 0 Å². The maximum atomic E-state index is 13.2. The van der Waals surface area contributed by atoms with Gasteiger partial charge in [0, 0.05) is 17.9 Å². The Morgan fingerprint density at radius 2 is 1.57 bits per heavy atom. The van der Waals surface area contributed by atoms with Crippen molar-refractivity contribution in [2.45, 2.75) is 6.92 Å². The number of likely N-dealkylation sites (N-methyl/N-ethyl adjacent to an activating group) is 1. The molecule has 2 aromatic rings. The molecule has 0 spiro atoms. The van der Waals surface area contributed by atoms with Gasteiger partial charge in [0.25, 0.3) is 11.8 Å². The molecule has 1 fully saturated rings. The number of carbonyl (C=O) groups excluding carboxylic acids is 2. The quantitative estimate of drug-likeness (QED) is 0.581. The zero-order chi connectivity index (χ0) is 21.5. The van der Waals surface area contributed by atoms with Crippen LogP contribution >= 0.6 is 0 Å². The van der Waals surface area contributed by atoms with Gasteiger partial charge in [-0.25, -0.2) is 8.78 Å². The van der Waals surface area contributed by atoms with Gasteiger partial charge in [0.15, 0.2) is 13.1 Å². The van der Waals surface area contributed by atoms with Crippen LogP contribution in [0.25, 0.3) is 0 Å². The van der Waals surface area contributed by atoms with Crippen LogP contribution in [0.3, 0.4) is 0 Å². The van der Waals surface area contributed by atoms with Crippen molar-refractivity contribution < 1.29 is 28.2 Å². The molecule has 0 aliphatic carbocycles. The lowest BCUT2D eigenvalue weighted by atomic mass is 10.2. The van der Waals surface area contributed by atoms with Gasteiger partial charge in [-0.15, -0.1) is 0 Å². The van der Waals surface area contributed by atoms with E-state index >= 15 is 0 Å². The molecule has 2 amide bonds. The summed E-state index contributed by atoms with van der Waals surface area (Å²) in [6.07, 6.45) is 0. The van der Waals surface area contributed by atoms with Crippen molar-refractivity contribution in [3.05, 3.63) is 60.2 Å². The number of quaternary nitrogens is 2. The lowest BCUT2D eigenvalue weighted by Crippen LogP contribution is -3.28. The molecule has 30 heavy (non-hydrogen) atoms. The standard InChI is InChI=1S/C22H26F2N4O2/c1-2-28(20-8-6-17(23)7-9-20)22(30)16-27-12-10-26(11-13-27)15-21(29)25-19-5-3-4-18(24)14-19/h3-9,14H,2,10-13,15-16H2,1H3,(H,25,29)/p+2. The third-order valence-electron chi connectivity index (χ3n) is 5.34. The topological polar surface area (TPSA) is 58.3 Å². The summed E-state index contributed by atoms with van der Waals surface area (Å²) in [6, 6.07) is 11.8. The molecule has 0 saturated carbocycles. The molecule has 3 rings (SSSR count). The molecule has 0 bridgehead atoms. The molecule has 0 radical (unpaired) electrons. The molecule has 3 N–H and O–H groups in total. The minimum atomic E-state index is -0.385. The van der Waals surface area contributed by atoms with E-state index in [1.165, 1.54) is 29.2 Å². The van der Waals surface area contributed by atoms with Gasteiger partial charge in [-0.3, -0.25) is 9.59 Å². The van der Waals surface area contributed by atoms with E-state index in [9.17, 15) is 18.4 Å². The first-order chi connectivity index (χ1) is 14.4. The highest BCUT2D eigenvalue weighted by molar-refractivity contribution is 5.94. The summed E-state index contributed by atoms with van der Waals surface area (Å²) in [6.45, 7) is 6.24. The fourth-order valence-electron chi connectivity index (χ4n) is 3.74. The Balaban J connectivity index is 1.45. The van der Waals surface area contributed by atoms with Crippen LogP contribution in [0.15, 0.2) is 48.5 Å². The SMILES string of the molecule is CCN(C(=O)C[NH+]1CC[NH+](CC(=O)Nc2cccc(F)c2)CC1)c1ccc(F)cc1. The van der Waals surface area contributed by atoms with E-state index in [0.717, 1.165) is 31.1 Å². The van der Waals surface area contributed by atoms with Gasteiger partial charge in [0.2, 0.25) is 0 Å². The third kappa shape index (κ3) is 6.08. The Morgan fingerprint density at radius 3 is 2.17 bits per heavy atom. The number of anilines is 2. The molecule has 0 unspecified atom stereocenters. The number of piperazine rings is 1. The Kier molecular flexibility index (Phi) is 7.48. The number of nitrogens with zero attached hydrogens (tertiary/aromatic N) is 1. The van der Waals surface area contributed by atoms with E-state index in [1.54, 1.807) is 29.2 Å². The summed E-state index contributed by atoms with van der Waals surface area (Å²) in [5.41, 5.74) is 1.15. The first kappa shape index (κ1) is 21.9. The summed E-state index contributed by atoms with van der Waals surface area (Å²) in [7, 11) is 0. The number of amides is 2. The van der Waals surface area contributed by atoms with Crippen molar-refractivity contribution in [2.75, 3.05) is 56.0 Å². The van der Waals surface area contributed by atoms with Crippen molar-refractivity contribution in [3.8, 4) is 0 Å². The molecule has 0 aromatic heterocycles. The number of benzene rings is 2. The molecular formula is C22H28F2N4O2+2. The summed E-state index contributed by atoms with van der Waals surface area (Å²) in [5, 5.41) is 2.72. The summed E-state index contributed by atoms with van der Waals surface area (Å²) >= 11 is 0. The predicted octanol–water partition coefficient (Wildman–Crippen LogP) is -0.260. The second-order valence-electron chi connectivity index (χ2n) is 7.53. The minimum absolute atomic E-state index is 0.00593. The van der Waals surface area contributed by atoms with Gasteiger partial charge in [-0.05, 0) is 49.4 Å². The van der Waals surface area contributed by atoms with Crippen LogP contribution in [0, 0.1) is 11.6 Å². The highest BCUT2D eigenvalue weighted by Crippen LogP contribution is 2.14. The minimum Gasteiger partial charge on any atom is -0.321 e. The number of hydrogen-bond donors (Lipinski definition) is 3. The van der Waals surface area contributed by atoms with Gasteiger partial charge in [0.1, 0.15) is 37.8 Å². The second kappa shape index (κ2) is 10.3. The molecule has 1 aliphatic rings. The highest BCUT2D eigenvalue weighted by atomic mass is 19.1. The number of halogens is 2. The number of rotatable bonds is 7. The van der Waals surface area contributed by atoms with Crippen molar-refractivity contribution >= 4 is 23.2 Å². The van der Waals surface area contributed by atoms with Crippen molar-refractivity contribution in [3.63, 3.8) is 0 Å². The first-order valence-corrected chi connectivity index (χ1v) is 10.2. The second-order valence-corrected chi connectivity index (χ2v) is 7.53. The molecule has 2 aromatic carbocycles. The third-order valence-corrected chi connectivity index (χ3v) is 5.34. The number of nitrogens with one attached hydrogen (secondary N) is 3. The van der Waals surface area contributed by atoms with E-state index in [1.807, 2.05) is 6.92 Å². The lowest BCUT2D eigenvalue weighted by Gasteiger charge is -2.30. The van der Waals surface area contributed by atoms with E-state index in [0.29, 0.717) is 31.0 Å². The zero-order valence-electron chi connectivity index (χ0n) is 17.1. The highest BCUT2D eigenvalue weighted by Gasteiger charge is 2.28. The molecule has 1 aliphatic heterocycles. The van der Waals surface area contributed by atoms with Crippen LogP contribution in [0.1, 0.15) is 6.92 Å². The smallest absolute Gasteiger partial charge is 0.282 e. The number of hydrogen-bond acceptors (Lipinski definition) is 2. The molecular weight excluding hydrogens is 390 g/mol. The van der Waals surface area contributed by atoms with Gasteiger partial charge in [-0.1, -0.05) is 6.07 Å². The average Bonchev–Trinajstić information content (AvgIpc) is 2.71. The summed E-state index contributed by atoms with van der Waals surface area (Å²) in [4.78, 5) is 28.9. The summed E-state index contributed by atoms with van der Waals surface area (Å²) < 4.78 is 26.4. The van der Waals surface area contributed by atoms with Crippen LogP contribution in [-0.2, 0) is 9.59 Å².